The molecular formula is C26H27F3N2. The van der Waals surface area contributed by atoms with Crippen molar-refractivity contribution in [2.75, 3.05) is 31.1 Å². The summed E-state index contributed by atoms with van der Waals surface area (Å²) in [6.45, 7) is 7.47. The van der Waals surface area contributed by atoms with Crippen molar-refractivity contribution < 1.29 is 13.2 Å². The van der Waals surface area contributed by atoms with Crippen LogP contribution in [0.1, 0.15) is 19.4 Å². The van der Waals surface area contributed by atoms with Crippen LogP contribution in [0, 0.1) is 0 Å². The SMILES string of the molecule is CC(C)N1CCN(c2cc(-c3ccc(-c4ccccc4)cc3)cc(C(F)(F)F)c2)CC1. The van der Waals surface area contributed by atoms with Gasteiger partial charge in [-0.2, -0.15) is 13.2 Å². The third-order valence-electron chi connectivity index (χ3n) is 5.98. The Balaban J connectivity index is 1.65. The van der Waals surface area contributed by atoms with Gasteiger partial charge in [-0.1, -0.05) is 54.6 Å². The van der Waals surface area contributed by atoms with Gasteiger partial charge in [0, 0.05) is 37.9 Å². The largest absolute Gasteiger partial charge is 0.416 e. The molecule has 0 aliphatic carbocycles. The van der Waals surface area contributed by atoms with Crippen molar-refractivity contribution in [3.63, 3.8) is 0 Å². The van der Waals surface area contributed by atoms with E-state index in [4.69, 9.17) is 0 Å². The summed E-state index contributed by atoms with van der Waals surface area (Å²) in [4.78, 5) is 4.42. The second-order valence-corrected chi connectivity index (χ2v) is 8.33. The van der Waals surface area contributed by atoms with E-state index < -0.39 is 11.7 Å². The highest BCUT2D eigenvalue weighted by atomic mass is 19.4. The predicted octanol–water partition coefficient (Wildman–Crippen LogP) is 6.57. The summed E-state index contributed by atoms with van der Waals surface area (Å²) >= 11 is 0. The van der Waals surface area contributed by atoms with Crippen molar-refractivity contribution in [3.8, 4) is 22.3 Å². The maximum absolute atomic E-state index is 13.7. The Bertz CT molecular complexity index is 1000. The van der Waals surface area contributed by atoms with E-state index in [0.717, 1.165) is 42.9 Å². The first-order valence-electron chi connectivity index (χ1n) is 10.7. The van der Waals surface area contributed by atoms with Crippen LogP contribution in [0.4, 0.5) is 18.9 Å². The minimum Gasteiger partial charge on any atom is -0.369 e. The fraction of sp³-hybridized carbons (Fsp3) is 0.308. The highest BCUT2D eigenvalue weighted by Crippen LogP contribution is 2.36. The Morgan fingerprint density at radius 2 is 1.23 bits per heavy atom. The highest BCUT2D eigenvalue weighted by molar-refractivity contribution is 5.73. The second kappa shape index (κ2) is 8.75. The first-order valence-corrected chi connectivity index (χ1v) is 10.7. The van der Waals surface area contributed by atoms with E-state index in [1.807, 2.05) is 60.7 Å². The van der Waals surface area contributed by atoms with Crippen molar-refractivity contribution in [2.45, 2.75) is 26.1 Å². The van der Waals surface area contributed by atoms with E-state index in [1.165, 1.54) is 12.1 Å². The number of hydrogen-bond acceptors (Lipinski definition) is 2. The van der Waals surface area contributed by atoms with Crippen LogP contribution in [0.25, 0.3) is 22.3 Å². The topological polar surface area (TPSA) is 6.48 Å². The van der Waals surface area contributed by atoms with Gasteiger partial charge < -0.3 is 4.90 Å². The molecule has 0 amide bonds. The maximum atomic E-state index is 13.7. The maximum Gasteiger partial charge on any atom is 0.416 e. The molecule has 5 heteroatoms. The zero-order chi connectivity index (χ0) is 22.0. The van der Waals surface area contributed by atoms with E-state index in [1.54, 1.807) is 0 Å². The van der Waals surface area contributed by atoms with Gasteiger partial charge in [-0.05, 0) is 54.3 Å². The molecule has 31 heavy (non-hydrogen) atoms. The van der Waals surface area contributed by atoms with Gasteiger partial charge in [0.05, 0.1) is 5.56 Å². The minimum absolute atomic E-state index is 0.447. The number of hydrogen-bond donors (Lipinski definition) is 0. The molecule has 0 aromatic heterocycles. The predicted molar refractivity (Wildman–Crippen MR) is 121 cm³/mol. The van der Waals surface area contributed by atoms with Gasteiger partial charge in [-0.25, -0.2) is 0 Å². The van der Waals surface area contributed by atoms with Gasteiger partial charge in [0.2, 0.25) is 0 Å². The smallest absolute Gasteiger partial charge is 0.369 e. The quantitative estimate of drug-likeness (QED) is 0.467. The number of halogens is 3. The molecule has 1 aliphatic heterocycles. The van der Waals surface area contributed by atoms with Gasteiger partial charge in [-0.3, -0.25) is 4.90 Å². The summed E-state index contributed by atoms with van der Waals surface area (Å²) in [5, 5.41) is 0. The number of alkyl halides is 3. The number of anilines is 1. The standard InChI is InChI=1S/C26H27F3N2/c1-19(2)30-12-14-31(15-13-30)25-17-23(16-24(18-25)26(27,28)29)22-10-8-21(9-11-22)20-6-4-3-5-7-20/h3-11,16-19H,12-15H2,1-2H3. The van der Waals surface area contributed by atoms with Crippen LogP contribution >= 0.6 is 0 Å². The molecule has 1 aliphatic rings. The normalized spacial score (nSPS) is 15.5. The van der Waals surface area contributed by atoms with E-state index >= 15 is 0 Å². The van der Waals surface area contributed by atoms with Crippen molar-refractivity contribution in [3.05, 3.63) is 78.4 Å². The van der Waals surface area contributed by atoms with Crippen LogP contribution in [-0.4, -0.2) is 37.1 Å². The molecule has 3 aromatic rings. The summed E-state index contributed by atoms with van der Waals surface area (Å²) in [5.74, 6) is 0. The van der Waals surface area contributed by atoms with E-state index in [9.17, 15) is 13.2 Å². The monoisotopic (exact) mass is 424 g/mol. The minimum atomic E-state index is -4.38. The number of nitrogens with zero attached hydrogens (tertiary/aromatic N) is 2. The number of benzene rings is 3. The summed E-state index contributed by atoms with van der Waals surface area (Å²) < 4.78 is 41.0. The molecule has 0 saturated carbocycles. The molecule has 2 nitrogen and oxygen atoms in total. The zero-order valence-corrected chi connectivity index (χ0v) is 17.9. The fourth-order valence-corrected chi connectivity index (χ4v) is 4.11. The van der Waals surface area contributed by atoms with Crippen LogP contribution in [0.5, 0.6) is 0 Å². The second-order valence-electron chi connectivity index (χ2n) is 8.33. The molecule has 0 N–H and O–H groups in total. The Kier molecular flexibility index (Phi) is 6.05. The summed E-state index contributed by atoms with van der Waals surface area (Å²) in [5.41, 5.74) is 3.55. The van der Waals surface area contributed by atoms with Crippen LogP contribution in [0.3, 0.4) is 0 Å². The molecule has 1 fully saturated rings. The zero-order valence-electron chi connectivity index (χ0n) is 17.9. The molecular weight excluding hydrogens is 397 g/mol. The van der Waals surface area contributed by atoms with Gasteiger partial charge >= 0.3 is 6.18 Å². The Morgan fingerprint density at radius 1 is 0.677 bits per heavy atom. The van der Waals surface area contributed by atoms with Crippen molar-refractivity contribution >= 4 is 5.69 Å². The van der Waals surface area contributed by atoms with Crippen LogP contribution in [-0.2, 0) is 6.18 Å². The Labute approximate surface area is 181 Å². The summed E-state index contributed by atoms with van der Waals surface area (Å²) in [6.07, 6.45) is -4.38. The summed E-state index contributed by atoms with van der Waals surface area (Å²) in [6, 6.07) is 22.6. The molecule has 1 saturated heterocycles. The fourth-order valence-electron chi connectivity index (χ4n) is 4.11. The third-order valence-corrected chi connectivity index (χ3v) is 5.98. The average molecular weight is 425 g/mol. The van der Waals surface area contributed by atoms with Crippen molar-refractivity contribution in [2.24, 2.45) is 0 Å². The highest BCUT2D eigenvalue weighted by Gasteiger charge is 2.32. The van der Waals surface area contributed by atoms with Gasteiger partial charge in [0.1, 0.15) is 0 Å². The molecule has 4 rings (SSSR count). The van der Waals surface area contributed by atoms with E-state index in [0.29, 0.717) is 17.3 Å². The lowest BCUT2D eigenvalue weighted by atomic mass is 9.98. The first-order chi connectivity index (χ1) is 14.8. The van der Waals surface area contributed by atoms with Crippen LogP contribution in [0.15, 0.2) is 72.8 Å². The molecule has 0 radical (unpaired) electrons. The molecule has 0 unspecified atom stereocenters. The van der Waals surface area contributed by atoms with Gasteiger partial charge in [-0.15, -0.1) is 0 Å². The first kappa shape index (κ1) is 21.4. The van der Waals surface area contributed by atoms with Crippen LogP contribution in [0.2, 0.25) is 0 Å². The molecule has 0 spiro atoms. The molecule has 3 aromatic carbocycles. The van der Waals surface area contributed by atoms with Crippen molar-refractivity contribution in [1.82, 2.24) is 4.90 Å². The van der Waals surface area contributed by atoms with Crippen LogP contribution < -0.4 is 4.90 Å². The third kappa shape index (κ3) is 4.93. The average Bonchev–Trinajstić information content (AvgIpc) is 2.79. The Morgan fingerprint density at radius 3 is 1.77 bits per heavy atom. The molecule has 1 heterocycles. The lowest BCUT2D eigenvalue weighted by Gasteiger charge is -2.38. The lowest BCUT2D eigenvalue weighted by molar-refractivity contribution is -0.137. The lowest BCUT2D eigenvalue weighted by Crippen LogP contribution is -2.48. The van der Waals surface area contributed by atoms with Gasteiger partial charge in [0.15, 0.2) is 0 Å². The van der Waals surface area contributed by atoms with Gasteiger partial charge in [0.25, 0.3) is 0 Å². The Hall–Kier alpha value is -2.79. The summed E-state index contributed by atoms with van der Waals surface area (Å²) in [7, 11) is 0. The molecule has 0 bridgehead atoms. The molecule has 0 atom stereocenters. The number of rotatable bonds is 4. The van der Waals surface area contributed by atoms with Crippen molar-refractivity contribution in [1.29, 1.82) is 0 Å². The number of piperazine rings is 1. The van der Waals surface area contributed by atoms with E-state index in [-0.39, 0.29) is 0 Å². The molecule has 162 valence electrons. The van der Waals surface area contributed by atoms with E-state index in [2.05, 4.69) is 23.6 Å².